The Kier molecular flexibility index (Phi) is 5.19. The average molecular weight is 391 g/mol. The average Bonchev–Trinajstić information content (AvgIpc) is 3.05. The van der Waals surface area contributed by atoms with Crippen molar-refractivity contribution in [1.29, 1.82) is 5.26 Å². The predicted molar refractivity (Wildman–Crippen MR) is 121 cm³/mol. The number of para-hydroxylation sites is 1. The predicted octanol–water partition coefficient (Wildman–Crippen LogP) is 5.79. The zero-order chi connectivity index (χ0) is 21.1. The van der Waals surface area contributed by atoms with Crippen LogP contribution in [0.25, 0.3) is 22.5 Å². The van der Waals surface area contributed by atoms with Crippen molar-refractivity contribution in [2.24, 2.45) is 0 Å². The number of fused-ring (bicyclic) bond motifs is 1. The number of benzene rings is 3. The lowest BCUT2D eigenvalue weighted by atomic mass is 10.1. The summed E-state index contributed by atoms with van der Waals surface area (Å²) in [6.45, 7) is 4.03. The first-order valence-electron chi connectivity index (χ1n) is 9.74. The number of carbonyl (C=O) groups is 1. The highest BCUT2D eigenvalue weighted by Gasteiger charge is 2.15. The topological polar surface area (TPSA) is 57.8 Å². The minimum Gasteiger partial charge on any atom is -0.321 e. The summed E-state index contributed by atoms with van der Waals surface area (Å²) in [5, 5.41) is 14.7. The number of aromatic nitrogens is 1. The van der Waals surface area contributed by atoms with Gasteiger partial charge in [-0.2, -0.15) is 5.26 Å². The fraction of sp³-hybridized carbons (Fsp3) is 0.0769. The van der Waals surface area contributed by atoms with Crippen molar-refractivity contribution >= 4 is 28.4 Å². The Hall–Kier alpha value is -4.10. The van der Waals surface area contributed by atoms with Crippen molar-refractivity contribution in [3.05, 3.63) is 101 Å². The van der Waals surface area contributed by atoms with E-state index in [2.05, 4.69) is 34.1 Å². The van der Waals surface area contributed by atoms with Gasteiger partial charge >= 0.3 is 0 Å². The summed E-state index contributed by atoms with van der Waals surface area (Å²) in [4.78, 5) is 12.6. The number of hydrogen-bond acceptors (Lipinski definition) is 2. The van der Waals surface area contributed by atoms with Gasteiger partial charge in [-0.15, -0.1) is 0 Å². The summed E-state index contributed by atoms with van der Waals surface area (Å²) in [6.07, 6.45) is 1.65. The minimum absolute atomic E-state index is 0.0667. The van der Waals surface area contributed by atoms with Crippen molar-refractivity contribution in [2.75, 3.05) is 5.32 Å². The van der Waals surface area contributed by atoms with E-state index in [0.29, 0.717) is 5.69 Å². The Morgan fingerprint density at radius 1 is 0.967 bits per heavy atom. The molecule has 0 fully saturated rings. The second kappa shape index (κ2) is 8.10. The van der Waals surface area contributed by atoms with Crippen LogP contribution in [0.1, 0.15) is 17.0 Å². The van der Waals surface area contributed by atoms with E-state index in [9.17, 15) is 10.1 Å². The Balaban J connectivity index is 1.74. The Labute approximate surface area is 175 Å². The third kappa shape index (κ3) is 3.61. The molecule has 0 aliphatic heterocycles. The lowest BCUT2D eigenvalue weighted by molar-refractivity contribution is -0.112. The molecule has 4 aromatic rings. The van der Waals surface area contributed by atoms with E-state index in [-0.39, 0.29) is 5.57 Å². The van der Waals surface area contributed by atoms with Crippen molar-refractivity contribution in [3.63, 3.8) is 0 Å². The molecule has 0 aliphatic rings. The van der Waals surface area contributed by atoms with E-state index in [4.69, 9.17) is 0 Å². The Morgan fingerprint density at radius 2 is 1.67 bits per heavy atom. The van der Waals surface area contributed by atoms with Gasteiger partial charge in [-0.3, -0.25) is 4.79 Å². The van der Waals surface area contributed by atoms with Crippen LogP contribution in [0.3, 0.4) is 0 Å². The van der Waals surface area contributed by atoms with Crippen LogP contribution in [-0.4, -0.2) is 10.5 Å². The van der Waals surface area contributed by atoms with E-state index in [1.165, 1.54) is 5.39 Å². The number of anilines is 1. The van der Waals surface area contributed by atoms with Crippen molar-refractivity contribution in [3.8, 4) is 11.8 Å². The van der Waals surface area contributed by atoms with Gasteiger partial charge < -0.3 is 9.88 Å². The molecule has 0 unspecified atom stereocenters. The largest absolute Gasteiger partial charge is 0.321 e. The van der Waals surface area contributed by atoms with E-state index in [1.54, 1.807) is 18.2 Å². The lowest BCUT2D eigenvalue weighted by Gasteiger charge is -2.13. The zero-order valence-electron chi connectivity index (χ0n) is 16.9. The Morgan fingerprint density at radius 3 is 2.43 bits per heavy atom. The monoisotopic (exact) mass is 391 g/mol. The molecule has 0 spiro atoms. The molecule has 1 N–H and O–H groups in total. The van der Waals surface area contributed by atoms with Gasteiger partial charge in [-0.25, -0.2) is 0 Å². The molecule has 4 rings (SSSR count). The smallest absolute Gasteiger partial charge is 0.266 e. The number of amides is 1. The molecule has 30 heavy (non-hydrogen) atoms. The van der Waals surface area contributed by atoms with E-state index < -0.39 is 5.91 Å². The summed E-state index contributed by atoms with van der Waals surface area (Å²) in [5.74, 6) is -0.418. The van der Waals surface area contributed by atoms with Crippen molar-refractivity contribution in [2.45, 2.75) is 13.8 Å². The third-order valence-corrected chi connectivity index (χ3v) is 5.17. The fourth-order valence-electron chi connectivity index (χ4n) is 3.73. The van der Waals surface area contributed by atoms with Gasteiger partial charge in [0.25, 0.3) is 5.91 Å². The molecule has 0 atom stereocenters. The van der Waals surface area contributed by atoms with Crippen LogP contribution in [-0.2, 0) is 4.79 Å². The molecule has 0 saturated heterocycles. The zero-order valence-corrected chi connectivity index (χ0v) is 16.9. The maximum absolute atomic E-state index is 12.6. The van der Waals surface area contributed by atoms with Gasteiger partial charge in [0, 0.05) is 22.5 Å². The molecule has 4 heteroatoms. The first-order valence-corrected chi connectivity index (χ1v) is 9.74. The number of rotatable bonds is 4. The molecule has 3 aromatic carbocycles. The maximum atomic E-state index is 12.6. The van der Waals surface area contributed by atoms with Gasteiger partial charge in [0.05, 0.1) is 5.69 Å². The standard InChI is InChI=1S/C26H21N3O/c1-18-15-21(16-22(17-27)26(30)28-23-11-4-3-5-12-23)19(2)29(18)25-14-8-10-20-9-6-7-13-24(20)25/h3-16H,1-2H3,(H,28,30)/b22-16+. The van der Waals surface area contributed by atoms with Crippen molar-refractivity contribution in [1.82, 2.24) is 4.57 Å². The van der Waals surface area contributed by atoms with Crippen LogP contribution in [0.2, 0.25) is 0 Å². The first kappa shape index (κ1) is 19.2. The second-order valence-corrected chi connectivity index (χ2v) is 7.15. The lowest BCUT2D eigenvalue weighted by Crippen LogP contribution is -2.13. The minimum atomic E-state index is -0.418. The number of nitrogens with zero attached hydrogens (tertiary/aromatic N) is 2. The van der Waals surface area contributed by atoms with E-state index in [0.717, 1.165) is 28.0 Å². The molecular weight excluding hydrogens is 370 g/mol. The van der Waals surface area contributed by atoms with Crippen LogP contribution in [0.4, 0.5) is 5.69 Å². The van der Waals surface area contributed by atoms with Crippen LogP contribution >= 0.6 is 0 Å². The molecule has 0 radical (unpaired) electrons. The van der Waals surface area contributed by atoms with Gasteiger partial charge in [0.2, 0.25) is 0 Å². The van der Waals surface area contributed by atoms with Crippen LogP contribution in [0, 0.1) is 25.2 Å². The van der Waals surface area contributed by atoms with Gasteiger partial charge in [0.1, 0.15) is 11.6 Å². The molecule has 4 nitrogen and oxygen atoms in total. The summed E-state index contributed by atoms with van der Waals surface area (Å²) in [6, 6.07) is 27.6. The third-order valence-electron chi connectivity index (χ3n) is 5.17. The highest BCUT2D eigenvalue weighted by Crippen LogP contribution is 2.28. The van der Waals surface area contributed by atoms with Gasteiger partial charge in [-0.1, -0.05) is 54.6 Å². The molecule has 0 saturated carbocycles. The molecular formula is C26H21N3O. The molecule has 1 amide bonds. The SMILES string of the molecule is Cc1cc(/C=C(\C#N)C(=O)Nc2ccccc2)c(C)n1-c1cccc2ccccc12. The van der Waals surface area contributed by atoms with Crippen LogP contribution in [0.15, 0.2) is 84.4 Å². The quantitative estimate of drug-likeness (QED) is 0.353. The highest BCUT2D eigenvalue weighted by molar-refractivity contribution is 6.09. The first-order chi connectivity index (χ1) is 14.6. The molecule has 1 heterocycles. The molecule has 1 aromatic heterocycles. The van der Waals surface area contributed by atoms with Crippen molar-refractivity contribution < 1.29 is 4.79 Å². The van der Waals surface area contributed by atoms with Gasteiger partial charge in [-0.05, 0) is 55.1 Å². The number of nitriles is 1. The highest BCUT2D eigenvalue weighted by atomic mass is 16.1. The molecule has 0 aliphatic carbocycles. The Bertz CT molecular complexity index is 1300. The van der Waals surface area contributed by atoms with E-state index in [1.807, 2.05) is 62.4 Å². The molecule has 0 bridgehead atoms. The number of aryl methyl sites for hydroxylation is 1. The number of hydrogen-bond donors (Lipinski definition) is 1. The fourth-order valence-corrected chi connectivity index (χ4v) is 3.73. The summed E-state index contributed by atoms with van der Waals surface area (Å²) in [5.41, 5.74) is 4.66. The number of carbonyl (C=O) groups excluding carboxylic acids is 1. The van der Waals surface area contributed by atoms with Crippen LogP contribution in [0.5, 0.6) is 0 Å². The summed E-state index contributed by atoms with van der Waals surface area (Å²) >= 11 is 0. The second-order valence-electron chi connectivity index (χ2n) is 7.15. The summed E-state index contributed by atoms with van der Waals surface area (Å²) in [7, 11) is 0. The van der Waals surface area contributed by atoms with Crippen LogP contribution < -0.4 is 5.32 Å². The van der Waals surface area contributed by atoms with E-state index >= 15 is 0 Å². The normalized spacial score (nSPS) is 11.3. The summed E-state index contributed by atoms with van der Waals surface area (Å²) < 4.78 is 2.16. The maximum Gasteiger partial charge on any atom is 0.266 e. The molecule has 146 valence electrons. The van der Waals surface area contributed by atoms with Gasteiger partial charge in [0.15, 0.2) is 0 Å². The number of nitrogens with one attached hydrogen (secondary N) is 1.